The van der Waals surface area contributed by atoms with E-state index in [1.54, 1.807) is 6.07 Å². The highest BCUT2D eigenvalue weighted by Crippen LogP contribution is 2.42. The van der Waals surface area contributed by atoms with Crippen LogP contribution in [0.2, 0.25) is 5.02 Å². The minimum absolute atomic E-state index is 0.200. The summed E-state index contributed by atoms with van der Waals surface area (Å²) in [6.45, 7) is 2.44. The number of hydroxylamine groups is 1. The van der Waals surface area contributed by atoms with Crippen molar-refractivity contribution in [1.82, 2.24) is 5.48 Å². The van der Waals surface area contributed by atoms with Gasteiger partial charge in [-0.25, -0.2) is 5.48 Å². The molecule has 0 unspecified atom stereocenters. The number of fused-ring (bicyclic) bond motifs is 1. The molecule has 0 atom stereocenters. The molecule has 2 N–H and O–H groups in total. The van der Waals surface area contributed by atoms with Crippen molar-refractivity contribution in [3.05, 3.63) is 22.2 Å². The molecule has 0 radical (unpaired) electrons. The fourth-order valence-electron chi connectivity index (χ4n) is 1.48. The zero-order valence-corrected chi connectivity index (χ0v) is 8.39. The average Bonchev–Trinajstić information content (AvgIpc) is 2.63. The largest absolute Gasteiger partial charge is 0.453 e. The lowest BCUT2D eigenvalue weighted by Crippen LogP contribution is -2.07. The highest BCUT2D eigenvalue weighted by atomic mass is 35.5. The molecule has 76 valence electrons. The van der Waals surface area contributed by atoms with Crippen LogP contribution in [-0.4, -0.2) is 12.0 Å². The van der Waals surface area contributed by atoms with Crippen molar-refractivity contribution in [2.45, 2.75) is 13.5 Å². The van der Waals surface area contributed by atoms with Crippen LogP contribution < -0.4 is 15.0 Å². The van der Waals surface area contributed by atoms with Crippen molar-refractivity contribution < 1.29 is 14.7 Å². The summed E-state index contributed by atoms with van der Waals surface area (Å²) in [4.78, 5) is 0. The van der Waals surface area contributed by atoms with Crippen molar-refractivity contribution in [1.29, 1.82) is 0 Å². The Balaban J connectivity index is 2.50. The molecule has 1 heterocycles. The molecular weight excluding hydrogens is 206 g/mol. The lowest BCUT2D eigenvalue weighted by atomic mass is 10.1. The highest BCUT2D eigenvalue weighted by Gasteiger charge is 2.21. The van der Waals surface area contributed by atoms with Gasteiger partial charge in [0.1, 0.15) is 0 Å². The molecule has 5 heteroatoms. The third-order valence-electron chi connectivity index (χ3n) is 2.22. The lowest BCUT2D eigenvalue weighted by Gasteiger charge is -2.08. The van der Waals surface area contributed by atoms with E-state index < -0.39 is 0 Å². The van der Waals surface area contributed by atoms with E-state index in [2.05, 4.69) is 5.48 Å². The van der Waals surface area contributed by atoms with Gasteiger partial charge in [-0.05, 0) is 24.1 Å². The molecule has 0 bridgehead atoms. The summed E-state index contributed by atoms with van der Waals surface area (Å²) in [5, 5.41) is 9.13. The van der Waals surface area contributed by atoms with Crippen molar-refractivity contribution in [2.75, 3.05) is 6.79 Å². The topological polar surface area (TPSA) is 50.7 Å². The van der Waals surface area contributed by atoms with E-state index in [0.717, 1.165) is 11.1 Å². The van der Waals surface area contributed by atoms with Gasteiger partial charge in [-0.2, -0.15) is 0 Å². The first-order chi connectivity index (χ1) is 6.74. The minimum Gasteiger partial charge on any atom is -0.453 e. The molecule has 0 amide bonds. The zero-order chi connectivity index (χ0) is 10.1. The van der Waals surface area contributed by atoms with Crippen LogP contribution in [0.3, 0.4) is 0 Å². The maximum atomic E-state index is 8.62. The van der Waals surface area contributed by atoms with E-state index in [9.17, 15) is 0 Å². The Hall–Kier alpha value is -0.970. The number of rotatable bonds is 2. The number of hydrogen-bond acceptors (Lipinski definition) is 4. The average molecular weight is 216 g/mol. The molecule has 0 aromatic heterocycles. The van der Waals surface area contributed by atoms with Crippen LogP contribution in [0.5, 0.6) is 11.5 Å². The monoisotopic (exact) mass is 215 g/mol. The first-order valence-corrected chi connectivity index (χ1v) is 4.56. The molecule has 0 aliphatic carbocycles. The maximum Gasteiger partial charge on any atom is 0.231 e. The van der Waals surface area contributed by atoms with Crippen LogP contribution in [-0.2, 0) is 6.54 Å². The fourth-order valence-corrected chi connectivity index (χ4v) is 1.75. The Morgan fingerprint density at radius 1 is 1.50 bits per heavy atom. The quantitative estimate of drug-likeness (QED) is 0.740. The van der Waals surface area contributed by atoms with Gasteiger partial charge >= 0.3 is 0 Å². The first-order valence-electron chi connectivity index (χ1n) is 4.18. The van der Waals surface area contributed by atoms with Crippen molar-refractivity contribution in [2.24, 2.45) is 0 Å². The van der Waals surface area contributed by atoms with Crippen LogP contribution in [0.25, 0.3) is 0 Å². The summed E-state index contributed by atoms with van der Waals surface area (Å²) >= 11 is 5.97. The standard InChI is InChI=1S/C9H10ClNO3/c1-5-6(3-11-12)2-7(10)9-8(5)13-4-14-9/h2,11-12H,3-4H2,1H3. The summed E-state index contributed by atoms with van der Waals surface area (Å²) < 4.78 is 10.5. The van der Waals surface area contributed by atoms with Crippen LogP contribution in [0.1, 0.15) is 11.1 Å². The Morgan fingerprint density at radius 2 is 2.21 bits per heavy atom. The molecule has 4 nitrogen and oxygen atoms in total. The predicted molar refractivity (Wildman–Crippen MR) is 50.9 cm³/mol. The van der Waals surface area contributed by atoms with E-state index >= 15 is 0 Å². The molecule has 0 fully saturated rings. The second-order valence-electron chi connectivity index (χ2n) is 3.04. The molecular formula is C9H10ClNO3. The van der Waals surface area contributed by atoms with Gasteiger partial charge in [-0.1, -0.05) is 11.6 Å². The van der Waals surface area contributed by atoms with Gasteiger partial charge in [0.05, 0.1) is 5.02 Å². The van der Waals surface area contributed by atoms with E-state index in [4.69, 9.17) is 26.3 Å². The molecule has 1 aliphatic rings. The molecule has 0 saturated carbocycles. The molecule has 2 rings (SSSR count). The van der Waals surface area contributed by atoms with Gasteiger partial charge < -0.3 is 14.7 Å². The summed E-state index contributed by atoms with van der Waals surface area (Å²) in [6.07, 6.45) is 0. The Labute approximate surface area is 86.3 Å². The van der Waals surface area contributed by atoms with Gasteiger partial charge in [-0.3, -0.25) is 0 Å². The second kappa shape index (κ2) is 3.65. The zero-order valence-electron chi connectivity index (χ0n) is 7.63. The highest BCUT2D eigenvalue weighted by molar-refractivity contribution is 6.32. The third-order valence-corrected chi connectivity index (χ3v) is 2.50. The van der Waals surface area contributed by atoms with Crippen molar-refractivity contribution >= 4 is 11.6 Å². The number of nitrogens with one attached hydrogen (secondary N) is 1. The molecule has 1 aliphatic heterocycles. The Kier molecular flexibility index (Phi) is 2.50. The van der Waals surface area contributed by atoms with Crippen LogP contribution in [0.15, 0.2) is 6.07 Å². The normalized spacial score (nSPS) is 13.4. The van der Waals surface area contributed by atoms with Gasteiger partial charge in [0.15, 0.2) is 11.5 Å². The predicted octanol–water partition coefficient (Wildman–Crippen LogP) is 1.86. The van der Waals surface area contributed by atoms with E-state index in [1.807, 2.05) is 6.92 Å². The Bertz CT molecular complexity index is 368. The third kappa shape index (κ3) is 1.41. The summed E-state index contributed by atoms with van der Waals surface area (Å²) in [5.74, 6) is 1.26. The van der Waals surface area contributed by atoms with Gasteiger partial charge in [0.25, 0.3) is 0 Å². The van der Waals surface area contributed by atoms with E-state index in [-0.39, 0.29) is 6.79 Å². The number of hydrogen-bond donors (Lipinski definition) is 2. The Morgan fingerprint density at radius 3 is 2.93 bits per heavy atom. The maximum absolute atomic E-state index is 8.62. The van der Waals surface area contributed by atoms with Crippen molar-refractivity contribution in [3.8, 4) is 11.5 Å². The van der Waals surface area contributed by atoms with Gasteiger partial charge in [-0.15, -0.1) is 0 Å². The number of benzene rings is 1. The second-order valence-corrected chi connectivity index (χ2v) is 3.45. The molecule has 0 saturated heterocycles. The van der Waals surface area contributed by atoms with Gasteiger partial charge in [0, 0.05) is 6.54 Å². The first kappa shape index (κ1) is 9.58. The SMILES string of the molecule is Cc1c(CNO)cc(Cl)c2c1OCO2. The summed E-state index contributed by atoms with van der Waals surface area (Å²) in [5.41, 5.74) is 3.91. The lowest BCUT2D eigenvalue weighted by molar-refractivity contribution is 0.160. The minimum atomic E-state index is 0.200. The fraction of sp³-hybridized carbons (Fsp3) is 0.333. The molecule has 1 aromatic rings. The van der Waals surface area contributed by atoms with Gasteiger partial charge in [0.2, 0.25) is 6.79 Å². The van der Waals surface area contributed by atoms with Crippen molar-refractivity contribution in [3.63, 3.8) is 0 Å². The molecule has 1 aromatic carbocycles. The smallest absolute Gasteiger partial charge is 0.231 e. The van der Waals surface area contributed by atoms with E-state index in [0.29, 0.717) is 23.1 Å². The van der Waals surface area contributed by atoms with E-state index in [1.165, 1.54) is 0 Å². The van der Waals surface area contributed by atoms with Crippen LogP contribution in [0, 0.1) is 6.92 Å². The van der Waals surface area contributed by atoms with Crippen LogP contribution >= 0.6 is 11.6 Å². The van der Waals surface area contributed by atoms with Crippen LogP contribution in [0.4, 0.5) is 0 Å². The molecule has 0 spiro atoms. The molecule has 14 heavy (non-hydrogen) atoms. The number of halogens is 1. The number of ether oxygens (including phenoxy) is 2. The summed E-state index contributed by atoms with van der Waals surface area (Å²) in [7, 11) is 0. The summed E-state index contributed by atoms with van der Waals surface area (Å²) in [6, 6.07) is 1.76.